The van der Waals surface area contributed by atoms with E-state index in [0.717, 1.165) is 13.1 Å². The minimum absolute atomic E-state index is 0.00213. The predicted molar refractivity (Wildman–Crippen MR) is 53.9 cm³/mol. The summed E-state index contributed by atoms with van der Waals surface area (Å²) in [6, 6.07) is 3.65. The molecule has 0 saturated heterocycles. The molecule has 0 bridgehead atoms. The summed E-state index contributed by atoms with van der Waals surface area (Å²) in [5.74, 6) is -0.779. The van der Waals surface area contributed by atoms with E-state index in [-0.39, 0.29) is 14.5 Å². The first kappa shape index (κ1) is 10.4. The number of carboxylic acid groups (broad SMARTS) is 1. The van der Waals surface area contributed by atoms with Crippen LogP contribution in [-0.2, 0) is 0 Å². The summed E-state index contributed by atoms with van der Waals surface area (Å²) in [5, 5.41) is 8.75. The van der Waals surface area contributed by atoms with E-state index in [2.05, 4.69) is 18.7 Å². The number of rotatable bonds is 4. The Balaban J connectivity index is 2.84. The van der Waals surface area contributed by atoms with Gasteiger partial charge in [0.05, 0.1) is 0 Å². The third-order valence-electron chi connectivity index (χ3n) is 1.88. The van der Waals surface area contributed by atoms with E-state index in [9.17, 15) is 4.79 Å². The molecule has 0 amide bonds. The van der Waals surface area contributed by atoms with Gasteiger partial charge in [-0.15, -0.1) is 0 Å². The van der Waals surface area contributed by atoms with Crippen LogP contribution in [0.5, 0.6) is 0 Å². The molecule has 13 heavy (non-hydrogen) atoms. The van der Waals surface area contributed by atoms with Crippen LogP contribution in [0.4, 0.5) is 4.56 Å². The molecular formula is C9H13NO2Se. The monoisotopic (exact) mass is 247 g/mol. The second-order valence-electron chi connectivity index (χ2n) is 2.62. The number of anilines is 1. The van der Waals surface area contributed by atoms with E-state index >= 15 is 0 Å². The summed E-state index contributed by atoms with van der Waals surface area (Å²) >= 11 is -0.00213. The Labute approximate surface area is 83.7 Å². The molecule has 0 saturated carbocycles. The minimum atomic E-state index is -0.779. The number of nitrogens with zero attached hydrogens (tertiary/aromatic N) is 1. The molecule has 0 aromatic carbocycles. The van der Waals surface area contributed by atoms with Crippen molar-refractivity contribution in [3.05, 3.63) is 16.6 Å². The molecule has 72 valence electrons. The Hall–Kier alpha value is -0.731. The molecular weight excluding hydrogens is 233 g/mol. The number of hydrogen-bond acceptors (Lipinski definition) is 2. The fourth-order valence-corrected chi connectivity index (χ4v) is 3.19. The molecule has 3 nitrogen and oxygen atoms in total. The molecule has 0 aliphatic rings. The van der Waals surface area contributed by atoms with Gasteiger partial charge in [-0.25, -0.2) is 0 Å². The van der Waals surface area contributed by atoms with Crippen LogP contribution < -0.4 is 4.90 Å². The third-order valence-corrected chi connectivity index (χ3v) is 4.26. The molecule has 0 spiro atoms. The van der Waals surface area contributed by atoms with E-state index < -0.39 is 5.97 Å². The fourth-order valence-electron chi connectivity index (χ4n) is 1.15. The standard InChI is InChI=1S/C9H13NO2Se/c1-3-10(4-2)8-6-5-7(13-8)9(11)12/h5-6H,3-4H2,1-2H3,(H,11,12). The van der Waals surface area contributed by atoms with Crippen molar-refractivity contribution in [1.29, 1.82) is 0 Å². The van der Waals surface area contributed by atoms with E-state index in [1.54, 1.807) is 6.07 Å². The maximum atomic E-state index is 10.6. The second-order valence-corrected chi connectivity index (χ2v) is 4.84. The van der Waals surface area contributed by atoms with Gasteiger partial charge in [0.2, 0.25) is 0 Å². The summed E-state index contributed by atoms with van der Waals surface area (Å²) in [5.41, 5.74) is 0. The first-order valence-electron chi connectivity index (χ1n) is 4.27. The molecule has 1 rings (SSSR count). The first-order chi connectivity index (χ1) is 6.19. The van der Waals surface area contributed by atoms with Crippen LogP contribution in [-0.4, -0.2) is 38.7 Å². The topological polar surface area (TPSA) is 40.5 Å². The van der Waals surface area contributed by atoms with Crippen LogP contribution in [0.1, 0.15) is 23.1 Å². The van der Waals surface area contributed by atoms with E-state index in [0.29, 0.717) is 4.44 Å². The summed E-state index contributed by atoms with van der Waals surface area (Å²) in [6.45, 7) is 6.06. The van der Waals surface area contributed by atoms with Gasteiger partial charge in [0.1, 0.15) is 0 Å². The number of aromatic carboxylic acids is 1. The van der Waals surface area contributed by atoms with Crippen molar-refractivity contribution in [2.45, 2.75) is 13.8 Å². The Kier molecular flexibility index (Phi) is 3.58. The van der Waals surface area contributed by atoms with Crippen LogP contribution in [0, 0.1) is 0 Å². The van der Waals surface area contributed by atoms with E-state index in [1.165, 1.54) is 4.56 Å². The maximum absolute atomic E-state index is 10.6. The quantitative estimate of drug-likeness (QED) is 0.814. The van der Waals surface area contributed by atoms with Crippen LogP contribution >= 0.6 is 0 Å². The van der Waals surface area contributed by atoms with Gasteiger partial charge in [0.15, 0.2) is 0 Å². The molecule has 1 heterocycles. The van der Waals surface area contributed by atoms with Crippen LogP contribution in [0.25, 0.3) is 0 Å². The first-order valence-corrected chi connectivity index (χ1v) is 5.98. The predicted octanol–water partition coefficient (Wildman–Crippen LogP) is 1.29. The molecule has 0 unspecified atom stereocenters. The van der Waals surface area contributed by atoms with Crippen molar-refractivity contribution in [2.24, 2.45) is 0 Å². The SMILES string of the molecule is CCN(CC)c1ccc(C(=O)O)[se]1. The van der Waals surface area contributed by atoms with Gasteiger partial charge < -0.3 is 0 Å². The Morgan fingerprint density at radius 1 is 1.46 bits per heavy atom. The Morgan fingerprint density at radius 3 is 2.46 bits per heavy atom. The Morgan fingerprint density at radius 2 is 2.08 bits per heavy atom. The number of carbonyl (C=O) groups is 1. The molecule has 1 N–H and O–H groups in total. The molecule has 1 aromatic heterocycles. The van der Waals surface area contributed by atoms with Gasteiger partial charge in [0, 0.05) is 0 Å². The number of hydrogen-bond donors (Lipinski definition) is 1. The van der Waals surface area contributed by atoms with Crippen molar-refractivity contribution in [3.8, 4) is 0 Å². The van der Waals surface area contributed by atoms with E-state index in [1.807, 2.05) is 6.07 Å². The van der Waals surface area contributed by atoms with Crippen molar-refractivity contribution in [3.63, 3.8) is 0 Å². The normalized spacial score (nSPS) is 10.0. The molecule has 0 atom stereocenters. The molecule has 0 radical (unpaired) electrons. The fraction of sp³-hybridized carbons (Fsp3) is 0.444. The second kappa shape index (κ2) is 4.49. The average Bonchev–Trinajstić information content (AvgIpc) is 2.56. The van der Waals surface area contributed by atoms with Crippen molar-refractivity contribution in [2.75, 3.05) is 18.0 Å². The zero-order valence-electron chi connectivity index (χ0n) is 7.78. The average molecular weight is 246 g/mol. The Bertz CT molecular complexity index is 292. The molecule has 0 aliphatic carbocycles. The van der Waals surface area contributed by atoms with Crippen LogP contribution in [0.3, 0.4) is 0 Å². The van der Waals surface area contributed by atoms with Crippen LogP contribution in [0.15, 0.2) is 12.1 Å². The van der Waals surface area contributed by atoms with Crippen molar-refractivity contribution in [1.82, 2.24) is 0 Å². The summed E-state index contributed by atoms with van der Waals surface area (Å²) in [7, 11) is 0. The van der Waals surface area contributed by atoms with Gasteiger partial charge in [-0.05, 0) is 0 Å². The summed E-state index contributed by atoms with van der Waals surface area (Å²) in [6.07, 6.45) is 0. The van der Waals surface area contributed by atoms with Gasteiger partial charge in [0.25, 0.3) is 0 Å². The van der Waals surface area contributed by atoms with Gasteiger partial charge in [-0.1, -0.05) is 0 Å². The van der Waals surface area contributed by atoms with Crippen molar-refractivity contribution >= 4 is 25.0 Å². The molecule has 0 aliphatic heterocycles. The van der Waals surface area contributed by atoms with Gasteiger partial charge >= 0.3 is 83.3 Å². The third kappa shape index (κ3) is 2.36. The van der Waals surface area contributed by atoms with Crippen molar-refractivity contribution < 1.29 is 9.90 Å². The van der Waals surface area contributed by atoms with Gasteiger partial charge in [-0.2, -0.15) is 0 Å². The number of carboxylic acids is 1. The summed E-state index contributed by atoms with van der Waals surface area (Å²) in [4.78, 5) is 12.8. The molecule has 1 aromatic rings. The molecule has 0 fully saturated rings. The summed E-state index contributed by atoms with van der Waals surface area (Å²) < 4.78 is 1.73. The zero-order valence-corrected chi connectivity index (χ0v) is 9.49. The zero-order chi connectivity index (χ0) is 9.84. The van der Waals surface area contributed by atoms with Crippen LogP contribution in [0.2, 0.25) is 0 Å². The van der Waals surface area contributed by atoms with E-state index in [4.69, 9.17) is 5.11 Å². The molecule has 4 heteroatoms. The van der Waals surface area contributed by atoms with Gasteiger partial charge in [-0.3, -0.25) is 0 Å².